The summed E-state index contributed by atoms with van der Waals surface area (Å²) in [5.41, 5.74) is 1.93. The molecule has 0 bridgehead atoms. The second-order valence-electron chi connectivity index (χ2n) is 6.98. The van der Waals surface area contributed by atoms with Gasteiger partial charge < -0.3 is 4.57 Å². The predicted molar refractivity (Wildman–Crippen MR) is 104 cm³/mol. The van der Waals surface area contributed by atoms with Crippen molar-refractivity contribution in [3.8, 4) is 0 Å². The van der Waals surface area contributed by atoms with Gasteiger partial charge in [-0.2, -0.15) is 4.31 Å². The zero-order chi connectivity index (χ0) is 19.7. The number of hydrogen-bond acceptors (Lipinski definition) is 5. The van der Waals surface area contributed by atoms with E-state index in [4.69, 9.17) is 0 Å². The summed E-state index contributed by atoms with van der Waals surface area (Å²) in [4.78, 5) is 14.7. The van der Waals surface area contributed by atoms with Gasteiger partial charge in [0.1, 0.15) is 0 Å². The van der Waals surface area contributed by atoms with Gasteiger partial charge in [0.15, 0.2) is 0 Å². The topological polar surface area (TPSA) is 98.3 Å². The summed E-state index contributed by atoms with van der Waals surface area (Å²) in [6, 6.07) is 13.0. The number of sulfonamides is 1. The van der Waals surface area contributed by atoms with E-state index in [1.807, 2.05) is 30.6 Å². The van der Waals surface area contributed by atoms with E-state index < -0.39 is 14.9 Å². The number of para-hydroxylation sites is 2. The van der Waals surface area contributed by atoms with Crippen molar-refractivity contribution >= 4 is 26.7 Å². The van der Waals surface area contributed by atoms with Crippen molar-refractivity contribution in [1.29, 1.82) is 0 Å². The molecule has 2 heterocycles. The molecule has 28 heavy (non-hydrogen) atoms. The number of hydrogen-bond donors (Lipinski definition) is 0. The number of nitro groups is 1. The summed E-state index contributed by atoms with van der Waals surface area (Å²) in [7, 11) is -3.63. The molecule has 1 aliphatic heterocycles. The van der Waals surface area contributed by atoms with E-state index in [-0.39, 0.29) is 10.6 Å². The van der Waals surface area contributed by atoms with Crippen molar-refractivity contribution in [1.82, 2.24) is 13.9 Å². The third-order valence-electron chi connectivity index (χ3n) is 5.24. The van der Waals surface area contributed by atoms with Crippen molar-refractivity contribution in [3.05, 3.63) is 65.0 Å². The normalized spacial score (nSPS) is 16.4. The van der Waals surface area contributed by atoms with Crippen molar-refractivity contribution in [2.24, 2.45) is 5.92 Å². The van der Waals surface area contributed by atoms with Crippen molar-refractivity contribution in [2.45, 2.75) is 24.3 Å². The van der Waals surface area contributed by atoms with Gasteiger partial charge in [-0.15, -0.1) is 0 Å². The van der Waals surface area contributed by atoms with Gasteiger partial charge in [-0.05, 0) is 43.0 Å². The third-order valence-corrected chi connectivity index (χ3v) is 7.15. The van der Waals surface area contributed by atoms with Crippen LogP contribution in [0, 0.1) is 16.0 Å². The molecule has 0 radical (unpaired) electrons. The fraction of sp³-hybridized carbons (Fsp3) is 0.316. The van der Waals surface area contributed by atoms with Crippen LogP contribution in [-0.2, 0) is 16.6 Å². The number of fused-ring (bicyclic) bond motifs is 1. The highest BCUT2D eigenvalue weighted by Gasteiger charge is 2.30. The average molecular weight is 400 g/mol. The van der Waals surface area contributed by atoms with E-state index in [2.05, 4.69) is 9.55 Å². The van der Waals surface area contributed by atoms with Gasteiger partial charge in [0.25, 0.3) is 5.69 Å². The Morgan fingerprint density at radius 3 is 2.43 bits per heavy atom. The minimum absolute atomic E-state index is 0.0946. The maximum Gasteiger partial charge on any atom is 0.269 e. The fourth-order valence-electron chi connectivity index (χ4n) is 3.66. The fourth-order valence-corrected chi connectivity index (χ4v) is 5.12. The van der Waals surface area contributed by atoms with Gasteiger partial charge in [-0.1, -0.05) is 12.1 Å². The van der Waals surface area contributed by atoms with Crippen LogP contribution in [0.1, 0.15) is 12.8 Å². The zero-order valence-corrected chi connectivity index (χ0v) is 16.0. The number of benzene rings is 2. The van der Waals surface area contributed by atoms with E-state index in [1.54, 1.807) is 0 Å². The molecule has 146 valence electrons. The highest BCUT2D eigenvalue weighted by atomic mass is 32.2. The largest absolute Gasteiger partial charge is 0.330 e. The minimum Gasteiger partial charge on any atom is -0.330 e. The van der Waals surface area contributed by atoms with Gasteiger partial charge in [-0.3, -0.25) is 10.1 Å². The first-order valence-electron chi connectivity index (χ1n) is 9.09. The Kier molecular flexibility index (Phi) is 4.86. The third kappa shape index (κ3) is 3.50. The molecule has 3 aromatic rings. The highest BCUT2D eigenvalue weighted by molar-refractivity contribution is 7.89. The van der Waals surface area contributed by atoms with Gasteiger partial charge in [-0.25, -0.2) is 13.4 Å². The Morgan fingerprint density at radius 1 is 1.07 bits per heavy atom. The molecule has 0 N–H and O–H groups in total. The first kappa shape index (κ1) is 18.6. The molecule has 0 aliphatic carbocycles. The quantitative estimate of drug-likeness (QED) is 0.484. The number of imidazole rings is 1. The maximum absolute atomic E-state index is 12.8. The molecule has 1 saturated heterocycles. The number of piperidine rings is 1. The SMILES string of the molecule is O=[N+]([O-])c1ccc(S(=O)(=O)N2CCC(Cn3cnc4ccccc43)CC2)cc1. The van der Waals surface area contributed by atoms with E-state index in [9.17, 15) is 18.5 Å². The van der Waals surface area contributed by atoms with Crippen LogP contribution in [0.5, 0.6) is 0 Å². The molecule has 1 fully saturated rings. The molecule has 0 unspecified atom stereocenters. The summed E-state index contributed by atoms with van der Waals surface area (Å²) in [6.07, 6.45) is 3.36. The second kappa shape index (κ2) is 7.33. The lowest BCUT2D eigenvalue weighted by atomic mass is 9.98. The van der Waals surface area contributed by atoms with Crippen molar-refractivity contribution in [3.63, 3.8) is 0 Å². The molecule has 9 heteroatoms. The lowest BCUT2D eigenvalue weighted by Crippen LogP contribution is -2.39. The van der Waals surface area contributed by atoms with Crippen LogP contribution in [0.3, 0.4) is 0 Å². The van der Waals surface area contributed by atoms with E-state index >= 15 is 0 Å². The van der Waals surface area contributed by atoms with Crippen LogP contribution in [0.15, 0.2) is 59.8 Å². The van der Waals surface area contributed by atoms with E-state index in [0.717, 1.165) is 30.4 Å². The van der Waals surface area contributed by atoms with Crippen molar-refractivity contribution in [2.75, 3.05) is 13.1 Å². The molecule has 0 atom stereocenters. The van der Waals surface area contributed by atoms with Crippen LogP contribution in [0.2, 0.25) is 0 Å². The van der Waals surface area contributed by atoms with Gasteiger partial charge in [0.2, 0.25) is 10.0 Å². The molecule has 0 amide bonds. The summed E-state index contributed by atoms with van der Waals surface area (Å²) in [6.45, 7) is 1.69. The Bertz CT molecular complexity index is 1100. The van der Waals surface area contributed by atoms with Crippen LogP contribution < -0.4 is 0 Å². The monoisotopic (exact) mass is 400 g/mol. The lowest BCUT2D eigenvalue weighted by molar-refractivity contribution is -0.384. The number of nitrogens with zero attached hydrogens (tertiary/aromatic N) is 4. The predicted octanol–water partition coefficient (Wildman–Crippen LogP) is 3.05. The smallest absolute Gasteiger partial charge is 0.269 e. The highest BCUT2D eigenvalue weighted by Crippen LogP contribution is 2.26. The maximum atomic E-state index is 12.8. The number of nitro benzene ring substituents is 1. The molecule has 8 nitrogen and oxygen atoms in total. The van der Waals surface area contributed by atoms with Crippen LogP contribution in [0.25, 0.3) is 11.0 Å². The summed E-state index contributed by atoms with van der Waals surface area (Å²) >= 11 is 0. The molecule has 2 aromatic carbocycles. The van der Waals surface area contributed by atoms with Gasteiger partial charge in [0, 0.05) is 31.8 Å². The van der Waals surface area contributed by atoms with Crippen LogP contribution in [-0.4, -0.2) is 40.3 Å². The van der Waals surface area contributed by atoms with Crippen LogP contribution in [0.4, 0.5) is 5.69 Å². The first-order chi connectivity index (χ1) is 13.4. The molecular formula is C19H20N4O4S. The summed E-state index contributed by atoms with van der Waals surface area (Å²) in [5.74, 6) is 0.376. The molecule has 1 aliphatic rings. The molecule has 0 saturated carbocycles. The number of rotatable bonds is 5. The Hall–Kier alpha value is -2.78. The second-order valence-corrected chi connectivity index (χ2v) is 8.92. The summed E-state index contributed by atoms with van der Waals surface area (Å²) in [5, 5.41) is 10.8. The average Bonchev–Trinajstić information content (AvgIpc) is 3.11. The van der Waals surface area contributed by atoms with Crippen molar-refractivity contribution < 1.29 is 13.3 Å². The van der Waals surface area contributed by atoms with Gasteiger partial charge in [0.05, 0.1) is 27.2 Å². The molecule has 0 spiro atoms. The number of aromatic nitrogens is 2. The molecular weight excluding hydrogens is 380 g/mol. The Morgan fingerprint density at radius 2 is 1.75 bits per heavy atom. The van der Waals surface area contributed by atoms with E-state index in [1.165, 1.54) is 28.6 Å². The Labute approximate surface area is 162 Å². The minimum atomic E-state index is -3.63. The summed E-state index contributed by atoms with van der Waals surface area (Å²) < 4.78 is 29.2. The number of non-ortho nitro benzene ring substituents is 1. The standard InChI is InChI=1S/C19H20N4O4S/c24-23(25)16-5-7-17(8-6-16)28(26,27)22-11-9-15(10-12-22)13-21-14-20-18-3-1-2-4-19(18)21/h1-8,14-15H,9-13H2. The molecule has 1 aromatic heterocycles. The van der Waals surface area contributed by atoms with E-state index in [0.29, 0.717) is 19.0 Å². The zero-order valence-electron chi connectivity index (χ0n) is 15.1. The van der Waals surface area contributed by atoms with Gasteiger partial charge >= 0.3 is 0 Å². The lowest BCUT2D eigenvalue weighted by Gasteiger charge is -2.31. The molecule has 4 rings (SSSR count). The first-order valence-corrected chi connectivity index (χ1v) is 10.5. The Balaban J connectivity index is 1.42. The van der Waals surface area contributed by atoms with Crippen LogP contribution >= 0.6 is 0 Å².